The third kappa shape index (κ3) is 2.58. The number of nitrogens with zero attached hydrogens (tertiary/aromatic N) is 3. The van der Waals surface area contributed by atoms with Crippen molar-refractivity contribution in [1.82, 2.24) is 5.06 Å². The van der Waals surface area contributed by atoms with Crippen LogP contribution < -0.4 is 11.5 Å². The lowest BCUT2D eigenvalue weighted by atomic mass is 10.2. The van der Waals surface area contributed by atoms with E-state index in [9.17, 15) is 0 Å². The summed E-state index contributed by atoms with van der Waals surface area (Å²) in [6.07, 6.45) is 0. The number of nitrogens with two attached hydrogens (primary N) is 2. The Bertz CT molecular complexity index is 263. The minimum atomic E-state index is -0.591. The van der Waals surface area contributed by atoms with Gasteiger partial charge < -0.3 is 11.5 Å². The first-order valence-electron chi connectivity index (χ1n) is 4.10. The molecule has 6 nitrogen and oxygen atoms in total. The van der Waals surface area contributed by atoms with E-state index in [1.807, 2.05) is 20.8 Å². The Hall–Kier alpha value is -0.820. The Kier molecular flexibility index (Phi) is 4.34. The summed E-state index contributed by atoms with van der Waals surface area (Å²) in [5.74, 6) is 0.415. The molecule has 0 fully saturated rings. The van der Waals surface area contributed by atoms with Crippen molar-refractivity contribution in [1.29, 1.82) is 0 Å². The summed E-state index contributed by atoms with van der Waals surface area (Å²) in [5, 5.41) is 1.45. The zero-order valence-electron chi connectivity index (χ0n) is 8.52. The summed E-state index contributed by atoms with van der Waals surface area (Å²) >= 11 is 0. The number of hydroxylamine groups is 2. The van der Waals surface area contributed by atoms with E-state index in [0.717, 1.165) is 0 Å². The lowest BCUT2D eigenvalue weighted by Crippen LogP contribution is -2.53. The lowest BCUT2D eigenvalue weighted by Gasteiger charge is -2.36. The molecule has 0 amide bonds. The molecule has 1 heterocycles. The number of rotatable bonds is 2. The maximum absolute atomic E-state index is 5.62. The van der Waals surface area contributed by atoms with Gasteiger partial charge in [0.25, 0.3) is 0 Å². The highest BCUT2D eigenvalue weighted by molar-refractivity contribution is 8.93. The minimum absolute atomic E-state index is 0. The van der Waals surface area contributed by atoms with Crippen molar-refractivity contribution in [2.45, 2.75) is 26.4 Å². The third-order valence-corrected chi connectivity index (χ3v) is 1.58. The van der Waals surface area contributed by atoms with Crippen molar-refractivity contribution in [3.05, 3.63) is 0 Å². The van der Waals surface area contributed by atoms with Gasteiger partial charge in [0, 0.05) is 0 Å². The van der Waals surface area contributed by atoms with Gasteiger partial charge in [-0.15, -0.1) is 17.0 Å². The molecule has 1 aliphatic heterocycles. The van der Waals surface area contributed by atoms with Gasteiger partial charge in [0.1, 0.15) is 0 Å². The van der Waals surface area contributed by atoms with Crippen molar-refractivity contribution < 1.29 is 4.84 Å². The maximum atomic E-state index is 5.62. The number of guanidine groups is 2. The van der Waals surface area contributed by atoms with Crippen molar-refractivity contribution >= 4 is 28.9 Å². The number of hydrogen-bond donors (Lipinski definition) is 2. The van der Waals surface area contributed by atoms with Crippen LogP contribution in [0.5, 0.6) is 0 Å². The van der Waals surface area contributed by atoms with Crippen molar-refractivity contribution in [2.24, 2.45) is 21.5 Å². The van der Waals surface area contributed by atoms with Crippen LogP contribution in [0.3, 0.4) is 0 Å². The molecule has 1 aliphatic rings. The van der Waals surface area contributed by atoms with E-state index >= 15 is 0 Å². The SMILES string of the molecule is Br.CCON1C(N)=NC(N)=NC1(C)C. The fourth-order valence-electron chi connectivity index (χ4n) is 1.15. The second kappa shape index (κ2) is 4.61. The Labute approximate surface area is 93.7 Å². The van der Waals surface area contributed by atoms with Gasteiger partial charge in [0.2, 0.25) is 11.9 Å². The Morgan fingerprint density at radius 2 is 2.00 bits per heavy atom. The predicted molar refractivity (Wildman–Crippen MR) is 61.1 cm³/mol. The molecular weight excluding hydrogens is 250 g/mol. The Morgan fingerprint density at radius 1 is 1.43 bits per heavy atom. The first-order valence-corrected chi connectivity index (χ1v) is 4.10. The molecule has 0 radical (unpaired) electrons. The van der Waals surface area contributed by atoms with Crippen LogP contribution >= 0.6 is 17.0 Å². The van der Waals surface area contributed by atoms with Gasteiger partial charge in [-0.05, 0) is 20.8 Å². The highest BCUT2D eigenvalue weighted by atomic mass is 79.9. The summed E-state index contributed by atoms with van der Waals surface area (Å²) in [4.78, 5) is 13.2. The molecule has 0 aromatic carbocycles. The van der Waals surface area contributed by atoms with Gasteiger partial charge in [0.15, 0.2) is 5.66 Å². The molecular formula is C7H16BrN5O. The van der Waals surface area contributed by atoms with Crippen LogP contribution in [0.15, 0.2) is 9.98 Å². The van der Waals surface area contributed by atoms with Crippen LogP contribution in [0.2, 0.25) is 0 Å². The molecule has 4 N–H and O–H groups in total. The standard InChI is InChI=1S/C7H15N5O.BrH/c1-4-13-12-6(9)10-5(8)11-7(12,2)3;/h4H2,1-3H3,(H4,8,9,10,11);1H. The van der Waals surface area contributed by atoms with Crippen molar-refractivity contribution in [2.75, 3.05) is 6.61 Å². The summed E-state index contributed by atoms with van der Waals surface area (Å²) in [6.45, 7) is 6.06. The smallest absolute Gasteiger partial charge is 0.226 e. The maximum Gasteiger partial charge on any atom is 0.226 e. The Morgan fingerprint density at radius 3 is 2.43 bits per heavy atom. The Balaban J connectivity index is 0.00000169. The lowest BCUT2D eigenvalue weighted by molar-refractivity contribution is -0.152. The van der Waals surface area contributed by atoms with Crippen LogP contribution in [0.1, 0.15) is 20.8 Å². The molecule has 0 bridgehead atoms. The number of hydrogen-bond acceptors (Lipinski definition) is 6. The van der Waals surface area contributed by atoms with Crippen LogP contribution in [0, 0.1) is 0 Å². The first kappa shape index (κ1) is 13.2. The second-order valence-corrected chi connectivity index (χ2v) is 3.15. The van der Waals surface area contributed by atoms with E-state index in [1.165, 1.54) is 5.06 Å². The molecule has 0 saturated heterocycles. The fourth-order valence-corrected chi connectivity index (χ4v) is 1.15. The first-order chi connectivity index (χ1) is 5.97. The highest BCUT2D eigenvalue weighted by Crippen LogP contribution is 2.19. The van der Waals surface area contributed by atoms with Gasteiger partial charge in [-0.25, -0.2) is 4.99 Å². The topological polar surface area (TPSA) is 89.2 Å². The summed E-state index contributed by atoms with van der Waals surface area (Å²) < 4.78 is 0. The van der Waals surface area contributed by atoms with E-state index in [4.69, 9.17) is 16.3 Å². The molecule has 0 spiro atoms. The van der Waals surface area contributed by atoms with Gasteiger partial charge in [-0.2, -0.15) is 10.1 Å². The largest absolute Gasteiger partial charge is 0.368 e. The van der Waals surface area contributed by atoms with Crippen molar-refractivity contribution in [3.63, 3.8) is 0 Å². The summed E-state index contributed by atoms with van der Waals surface area (Å²) in [6, 6.07) is 0. The third-order valence-electron chi connectivity index (χ3n) is 1.58. The molecule has 0 aromatic rings. The predicted octanol–water partition coefficient (Wildman–Crippen LogP) is 0.197. The zero-order chi connectivity index (χ0) is 10.1. The molecule has 82 valence electrons. The fraction of sp³-hybridized carbons (Fsp3) is 0.714. The number of halogens is 1. The van der Waals surface area contributed by atoms with E-state index < -0.39 is 5.66 Å². The van der Waals surface area contributed by atoms with E-state index in [0.29, 0.717) is 6.61 Å². The summed E-state index contributed by atoms with van der Waals surface area (Å²) in [7, 11) is 0. The molecule has 7 heteroatoms. The van der Waals surface area contributed by atoms with Gasteiger partial charge in [-0.3, -0.25) is 4.84 Å². The molecule has 1 rings (SSSR count). The van der Waals surface area contributed by atoms with Crippen LogP contribution in [-0.4, -0.2) is 29.3 Å². The van der Waals surface area contributed by atoms with E-state index in [2.05, 4.69) is 9.98 Å². The molecule has 0 saturated carbocycles. The van der Waals surface area contributed by atoms with Crippen molar-refractivity contribution in [3.8, 4) is 0 Å². The normalized spacial score (nSPS) is 19.5. The monoisotopic (exact) mass is 265 g/mol. The summed E-state index contributed by atoms with van der Waals surface area (Å²) in [5.41, 5.74) is 10.5. The molecule has 0 aliphatic carbocycles. The van der Waals surface area contributed by atoms with Crippen LogP contribution in [0.4, 0.5) is 0 Å². The van der Waals surface area contributed by atoms with Gasteiger partial charge in [0.05, 0.1) is 6.61 Å². The highest BCUT2D eigenvalue weighted by Gasteiger charge is 2.32. The number of aliphatic imine (C=N–C) groups is 2. The second-order valence-electron chi connectivity index (χ2n) is 3.15. The molecule has 0 unspecified atom stereocenters. The van der Waals surface area contributed by atoms with E-state index in [-0.39, 0.29) is 28.9 Å². The van der Waals surface area contributed by atoms with E-state index in [1.54, 1.807) is 0 Å². The molecule has 14 heavy (non-hydrogen) atoms. The quantitative estimate of drug-likeness (QED) is 0.747. The van der Waals surface area contributed by atoms with Gasteiger partial charge in [-0.1, -0.05) is 0 Å². The molecule has 0 aromatic heterocycles. The van der Waals surface area contributed by atoms with Gasteiger partial charge >= 0.3 is 0 Å². The minimum Gasteiger partial charge on any atom is -0.368 e. The average molecular weight is 266 g/mol. The zero-order valence-corrected chi connectivity index (χ0v) is 10.2. The average Bonchev–Trinajstić information content (AvgIpc) is 1.95. The molecule has 0 atom stereocenters. The van der Waals surface area contributed by atoms with Crippen LogP contribution in [-0.2, 0) is 4.84 Å². The van der Waals surface area contributed by atoms with Crippen LogP contribution in [0.25, 0.3) is 0 Å².